The standard InChI is InChI=1S/C26H27N/c1-19-7-9-21(10-8-19)23-11-13-24-22-12-14-26(25(24)17-23)27(16-15-22)18-20-5-3-2-4-6-20/h2-11,13,17,22,26H,12,14-16,18H2,1H3. The minimum Gasteiger partial charge on any atom is -0.292 e. The predicted molar refractivity (Wildman–Crippen MR) is 113 cm³/mol. The minimum atomic E-state index is 0.560. The van der Waals surface area contributed by atoms with E-state index in [0.29, 0.717) is 6.04 Å². The maximum Gasteiger partial charge on any atom is 0.0354 e. The summed E-state index contributed by atoms with van der Waals surface area (Å²) in [6.07, 6.45) is 3.93. The van der Waals surface area contributed by atoms with E-state index in [9.17, 15) is 0 Å². The van der Waals surface area contributed by atoms with E-state index in [1.54, 1.807) is 11.1 Å². The highest BCUT2D eigenvalue weighted by atomic mass is 15.2. The smallest absolute Gasteiger partial charge is 0.0354 e. The number of fused-ring (bicyclic) bond motifs is 3. The lowest BCUT2D eigenvalue weighted by Crippen LogP contribution is -2.28. The van der Waals surface area contributed by atoms with Crippen molar-refractivity contribution < 1.29 is 0 Å². The van der Waals surface area contributed by atoms with Gasteiger partial charge in [-0.3, -0.25) is 4.90 Å². The van der Waals surface area contributed by atoms with Gasteiger partial charge in [-0.15, -0.1) is 0 Å². The van der Waals surface area contributed by atoms with Crippen LogP contribution in [0.2, 0.25) is 0 Å². The third-order valence-electron chi connectivity index (χ3n) is 6.49. The topological polar surface area (TPSA) is 3.24 Å². The van der Waals surface area contributed by atoms with Crippen LogP contribution < -0.4 is 0 Å². The molecule has 1 heteroatoms. The molecule has 27 heavy (non-hydrogen) atoms. The Balaban J connectivity index is 1.51. The van der Waals surface area contributed by atoms with Crippen molar-refractivity contribution in [2.24, 2.45) is 0 Å². The molecule has 3 aliphatic rings. The second kappa shape index (κ2) is 6.98. The van der Waals surface area contributed by atoms with Gasteiger partial charge >= 0.3 is 0 Å². The molecular weight excluding hydrogens is 326 g/mol. The Kier molecular flexibility index (Phi) is 4.33. The molecule has 1 fully saturated rings. The first kappa shape index (κ1) is 16.8. The van der Waals surface area contributed by atoms with Crippen molar-refractivity contribution in [3.8, 4) is 11.1 Å². The lowest BCUT2D eigenvalue weighted by Gasteiger charge is -2.33. The highest BCUT2D eigenvalue weighted by Crippen LogP contribution is 2.47. The van der Waals surface area contributed by atoms with Crippen LogP contribution in [0.25, 0.3) is 11.1 Å². The number of nitrogens with zero attached hydrogens (tertiary/aromatic N) is 1. The Labute approximate surface area is 162 Å². The molecule has 2 aliphatic heterocycles. The highest BCUT2D eigenvalue weighted by Gasteiger charge is 2.35. The zero-order valence-corrected chi connectivity index (χ0v) is 16.1. The summed E-state index contributed by atoms with van der Waals surface area (Å²) in [4.78, 5) is 2.72. The van der Waals surface area contributed by atoms with Gasteiger partial charge in [0.15, 0.2) is 0 Å². The summed E-state index contributed by atoms with van der Waals surface area (Å²) in [7, 11) is 0. The van der Waals surface area contributed by atoms with E-state index in [-0.39, 0.29) is 0 Å². The quantitative estimate of drug-likeness (QED) is 0.520. The third kappa shape index (κ3) is 3.21. The van der Waals surface area contributed by atoms with Crippen molar-refractivity contribution in [1.82, 2.24) is 4.90 Å². The van der Waals surface area contributed by atoms with E-state index < -0.39 is 0 Å². The molecule has 0 spiro atoms. The second-order valence-electron chi connectivity index (χ2n) is 8.24. The summed E-state index contributed by atoms with van der Waals surface area (Å²) in [6.45, 7) is 4.42. The Bertz CT molecular complexity index is 926. The maximum atomic E-state index is 2.72. The van der Waals surface area contributed by atoms with Crippen LogP contribution in [0.15, 0.2) is 72.8 Å². The maximum absolute atomic E-state index is 2.72. The third-order valence-corrected chi connectivity index (χ3v) is 6.49. The summed E-state index contributed by atoms with van der Waals surface area (Å²) in [6, 6.07) is 27.7. The van der Waals surface area contributed by atoms with Gasteiger partial charge in [0.1, 0.15) is 0 Å². The number of hydrogen-bond acceptors (Lipinski definition) is 1. The second-order valence-corrected chi connectivity index (χ2v) is 8.24. The van der Waals surface area contributed by atoms with Crippen LogP contribution in [0.4, 0.5) is 0 Å². The zero-order valence-electron chi connectivity index (χ0n) is 16.1. The van der Waals surface area contributed by atoms with Crippen LogP contribution in [-0.2, 0) is 6.54 Å². The lowest BCUT2D eigenvalue weighted by molar-refractivity contribution is 0.193. The largest absolute Gasteiger partial charge is 0.292 e. The van der Waals surface area contributed by atoms with Gasteiger partial charge in [0.2, 0.25) is 0 Å². The SMILES string of the molecule is Cc1ccc(-c2ccc3c(c2)C2CCC3CCN2Cc2ccccc2)cc1. The molecule has 2 atom stereocenters. The molecule has 136 valence electrons. The van der Waals surface area contributed by atoms with Crippen LogP contribution in [-0.4, -0.2) is 11.4 Å². The summed E-state index contributed by atoms with van der Waals surface area (Å²) < 4.78 is 0. The van der Waals surface area contributed by atoms with E-state index in [2.05, 4.69) is 84.6 Å². The average Bonchev–Trinajstić information content (AvgIpc) is 3.00. The number of aryl methyl sites for hydroxylation is 1. The van der Waals surface area contributed by atoms with Crippen molar-refractivity contribution in [1.29, 1.82) is 0 Å². The van der Waals surface area contributed by atoms with Crippen LogP contribution in [0.5, 0.6) is 0 Å². The first-order chi connectivity index (χ1) is 13.3. The van der Waals surface area contributed by atoms with Gasteiger partial charge in [-0.05, 0) is 72.5 Å². The molecule has 0 aromatic heterocycles. The molecule has 2 heterocycles. The van der Waals surface area contributed by atoms with E-state index in [1.165, 1.54) is 48.1 Å². The Morgan fingerprint density at radius 1 is 0.778 bits per heavy atom. The van der Waals surface area contributed by atoms with Gasteiger partial charge in [0.05, 0.1) is 0 Å². The van der Waals surface area contributed by atoms with Crippen molar-refractivity contribution >= 4 is 0 Å². The fourth-order valence-electron chi connectivity index (χ4n) is 4.99. The Morgan fingerprint density at radius 2 is 1.56 bits per heavy atom. The van der Waals surface area contributed by atoms with E-state index in [1.807, 2.05) is 0 Å². The fraction of sp³-hybridized carbons (Fsp3) is 0.308. The van der Waals surface area contributed by atoms with Gasteiger partial charge in [-0.2, -0.15) is 0 Å². The molecule has 2 unspecified atom stereocenters. The number of rotatable bonds is 3. The molecule has 6 rings (SSSR count). The molecular formula is C26H27N. The molecule has 1 saturated heterocycles. The zero-order chi connectivity index (χ0) is 18.2. The first-order valence-electron chi connectivity index (χ1n) is 10.3. The van der Waals surface area contributed by atoms with Crippen LogP contribution in [0, 0.1) is 6.92 Å². The summed E-state index contributed by atoms with van der Waals surface area (Å²) in [5.74, 6) is 0.740. The van der Waals surface area contributed by atoms with Crippen molar-refractivity contribution in [3.05, 3.63) is 95.1 Å². The van der Waals surface area contributed by atoms with Crippen LogP contribution in [0.1, 0.15) is 53.5 Å². The number of benzene rings is 3. The molecule has 0 radical (unpaired) electrons. The van der Waals surface area contributed by atoms with Crippen LogP contribution >= 0.6 is 0 Å². The van der Waals surface area contributed by atoms with Crippen molar-refractivity contribution in [2.75, 3.05) is 6.54 Å². The Hall–Kier alpha value is -2.38. The molecule has 0 amide bonds. The molecule has 3 aromatic carbocycles. The molecule has 1 nitrogen and oxygen atoms in total. The lowest BCUT2D eigenvalue weighted by atomic mass is 9.79. The molecule has 0 N–H and O–H groups in total. The van der Waals surface area contributed by atoms with Crippen molar-refractivity contribution in [3.63, 3.8) is 0 Å². The molecule has 2 bridgehead atoms. The van der Waals surface area contributed by atoms with E-state index in [0.717, 1.165) is 12.5 Å². The van der Waals surface area contributed by atoms with E-state index in [4.69, 9.17) is 0 Å². The highest BCUT2D eigenvalue weighted by molar-refractivity contribution is 5.66. The van der Waals surface area contributed by atoms with Crippen molar-refractivity contribution in [2.45, 2.75) is 44.7 Å². The summed E-state index contributed by atoms with van der Waals surface area (Å²) in [5, 5.41) is 0. The Morgan fingerprint density at radius 3 is 2.37 bits per heavy atom. The molecule has 3 aromatic rings. The molecule has 1 aliphatic carbocycles. The van der Waals surface area contributed by atoms with Crippen LogP contribution in [0.3, 0.4) is 0 Å². The van der Waals surface area contributed by atoms with Gasteiger partial charge in [0, 0.05) is 12.6 Å². The summed E-state index contributed by atoms with van der Waals surface area (Å²) >= 11 is 0. The average molecular weight is 354 g/mol. The molecule has 0 saturated carbocycles. The fourth-order valence-corrected chi connectivity index (χ4v) is 4.99. The minimum absolute atomic E-state index is 0.560. The predicted octanol–water partition coefficient (Wildman–Crippen LogP) is 6.49. The normalized spacial score (nSPS) is 21.7. The number of hydrogen-bond donors (Lipinski definition) is 0. The first-order valence-corrected chi connectivity index (χ1v) is 10.3. The summed E-state index contributed by atoms with van der Waals surface area (Å²) in [5.41, 5.74) is 8.63. The van der Waals surface area contributed by atoms with Gasteiger partial charge in [-0.1, -0.05) is 72.3 Å². The van der Waals surface area contributed by atoms with Gasteiger partial charge in [0.25, 0.3) is 0 Å². The van der Waals surface area contributed by atoms with Gasteiger partial charge in [-0.25, -0.2) is 0 Å². The monoisotopic (exact) mass is 353 g/mol. The van der Waals surface area contributed by atoms with Gasteiger partial charge < -0.3 is 0 Å². The van der Waals surface area contributed by atoms with E-state index >= 15 is 0 Å².